The molecule has 3 unspecified atom stereocenters. The highest BCUT2D eigenvalue weighted by Gasteiger charge is 2.25. The molecule has 1 saturated carbocycles. The molecule has 1 aliphatic carbocycles. The number of aromatic nitrogens is 1. The maximum atomic E-state index is 11.9. The molecular weight excluding hydrogens is 258 g/mol. The van der Waals surface area contributed by atoms with Gasteiger partial charge in [-0.25, -0.2) is 4.98 Å². The summed E-state index contributed by atoms with van der Waals surface area (Å²) < 4.78 is 11.9. The van der Waals surface area contributed by atoms with Crippen LogP contribution in [0.4, 0.5) is 5.82 Å². The molecule has 0 aromatic carbocycles. The van der Waals surface area contributed by atoms with E-state index in [4.69, 9.17) is 5.26 Å². The quantitative estimate of drug-likeness (QED) is 0.918. The predicted molar refractivity (Wildman–Crippen MR) is 77.3 cm³/mol. The SMILES string of the molecule is CCS(=O)C1CCCC(Nc2cccc(C#N)n2)C1. The molecule has 1 fully saturated rings. The van der Waals surface area contributed by atoms with Crippen molar-refractivity contribution in [1.29, 1.82) is 5.26 Å². The van der Waals surface area contributed by atoms with Crippen molar-refractivity contribution in [3.05, 3.63) is 23.9 Å². The minimum atomic E-state index is -0.711. The van der Waals surface area contributed by atoms with Gasteiger partial charge in [-0.1, -0.05) is 19.4 Å². The molecule has 0 spiro atoms. The van der Waals surface area contributed by atoms with Gasteiger partial charge in [-0.3, -0.25) is 4.21 Å². The largest absolute Gasteiger partial charge is 0.367 e. The number of nitriles is 1. The lowest BCUT2D eigenvalue weighted by Crippen LogP contribution is -2.33. The Morgan fingerprint density at radius 3 is 3.11 bits per heavy atom. The summed E-state index contributed by atoms with van der Waals surface area (Å²) in [6, 6.07) is 7.76. The second-order valence-electron chi connectivity index (χ2n) is 4.82. The number of hydrogen-bond acceptors (Lipinski definition) is 4. The fraction of sp³-hybridized carbons (Fsp3) is 0.571. The first kappa shape index (κ1) is 14.0. The molecule has 19 heavy (non-hydrogen) atoms. The van der Waals surface area contributed by atoms with Crippen LogP contribution in [0.15, 0.2) is 18.2 Å². The average molecular weight is 277 g/mol. The van der Waals surface area contributed by atoms with Crippen LogP contribution in [0, 0.1) is 11.3 Å². The molecular formula is C14H19N3OS. The summed E-state index contributed by atoms with van der Waals surface area (Å²) in [7, 11) is -0.711. The second kappa shape index (κ2) is 6.67. The first-order valence-electron chi connectivity index (χ1n) is 6.73. The van der Waals surface area contributed by atoms with Gasteiger partial charge in [0.2, 0.25) is 0 Å². The third-order valence-corrected chi connectivity index (χ3v) is 5.24. The summed E-state index contributed by atoms with van der Waals surface area (Å²) >= 11 is 0. The molecule has 3 atom stereocenters. The van der Waals surface area contributed by atoms with E-state index in [0.29, 0.717) is 17.0 Å². The van der Waals surface area contributed by atoms with E-state index in [1.54, 1.807) is 6.07 Å². The lowest BCUT2D eigenvalue weighted by Gasteiger charge is -2.29. The van der Waals surface area contributed by atoms with E-state index >= 15 is 0 Å². The lowest BCUT2D eigenvalue weighted by atomic mass is 9.95. The molecule has 2 rings (SSSR count). The average Bonchev–Trinajstić information content (AvgIpc) is 2.47. The minimum absolute atomic E-state index is 0.301. The van der Waals surface area contributed by atoms with Gasteiger partial charge in [0, 0.05) is 27.8 Å². The van der Waals surface area contributed by atoms with E-state index < -0.39 is 10.8 Å². The van der Waals surface area contributed by atoms with Crippen LogP contribution in [0.1, 0.15) is 38.3 Å². The molecule has 1 N–H and O–H groups in total. The lowest BCUT2D eigenvalue weighted by molar-refractivity contribution is 0.464. The van der Waals surface area contributed by atoms with Gasteiger partial charge in [0.25, 0.3) is 0 Å². The number of hydrogen-bond donors (Lipinski definition) is 1. The Hall–Kier alpha value is -1.41. The van der Waals surface area contributed by atoms with Gasteiger partial charge in [0.15, 0.2) is 0 Å². The van der Waals surface area contributed by atoms with Crippen LogP contribution in [-0.4, -0.2) is 26.2 Å². The third-order valence-electron chi connectivity index (χ3n) is 3.50. The molecule has 0 amide bonds. The molecule has 0 radical (unpaired) electrons. The van der Waals surface area contributed by atoms with Crippen molar-refractivity contribution in [3.8, 4) is 6.07 Å². The van der Waals surface area contributed by atoms with Gasteiger partial charge in [-0.05, 0) is 31.4 Å². The van der Waals surface area contributed by atoms with Crippen LogP contribution in [0.2, 0.25) is 0 Å². The molecule has 102 valence electrons. The maximum absolute atomic E-state index is 11.9. The Kier molecular flexibility index (Phi) is 4.92. The summed E-state index contributed by atoms with van der Waals surface area (Å²) in [4.78, 5) is 4.23. The highest BCUT2D eigenvalue weighted by Crippen LogP contribution is 2.25. The molecule has 4 nitrogen and oxygen atoms in total. The number of rotatable bonds is 4. The van der Waals surface area contributed by atoms with Gasteiger partial charge in [0.05, 0.1) is 0 Å². The topological polar surface area (TPSA) is 65.8 Å². The fourth-order valence-corrected chi connectivity index (χ4v) is 3.88. The monoisotopic (exact) mass is 277 g/mol. The van der Waals surface area contributed by atoms with Crippen LogP contribution < -0.4 is 5.32 Å². The van der Waals surface area contributed by atoms with Crippen molar-refractivity contribution in [2.75, 3.05) is 11.1 Å². The van der Waals surface area contributed by atoms with Gasteiger partial charge in [-0.2, -0.15) is 5.26 Å². The molecule has 0 saturated heterocycles. The number of nitrogens with one attached hydrogen (secondary N) is 1. The molecule has 0 aliphatic heterocycles. The Morgan fingerprint density at radius 2 is 2.37 bits per heavy atom. The predicted octanol–water partition coefficient (Wildman–Crippen LogP) is 2.44. The summed E-state index contributed by atoms with van der Waals surface area (Å²) in [6.07, 6.45) is 4.17. The van der Waals surface area contributed by atoms with Crippen LogP contribution in [-0.2, 0) is 10.8 Å². The molecule has 1 aromatic rings. The van der Waals surface area contributed by atoms with E-state index in [0.717, 1.165) is 37.3 Å². The number of pyridine rings is 1. The van der Waals surface area contributed by atoms with Crippen molar-refractivity contribution >= 4 is 16.6 Å². The van der Waals surface area contributed by atoms with Gasteiger partial charge < -0.3 is 5.32 Å². The molecule has 1 heterocycles. The summed E-state index contributed by atoms with van der Waals surface area (Å²) in [5.41, 5.74) is 0.425. The third kappa shape index (κ3) is 3.77. The summed E-state index contributed by atoms with van der Waals surface area (Å²) in [6.45, 7) is 1.98. The van der Waals surface area contributed by atoms with Crippen LogP contribution in [0.5, 0.6) is 0 Å². The fourth-order valence-electron chi connectivity index (χ4n) is 2.54. The highest BCUT2D eigenvalue weighted by atomic mass is 32.2. The van der Waals surface area contributed by atoms with Gasteiger partial charge in [-0.15, -0.1) is 0 Å². The normalized spacial score (nSPS) is 24.4. The molecule has 5 heteroatoms. The van der Waals surface area contributed by atoms with Crippen molar-refractivity contribution in [3.63, 3.8) is 0 Å². The number of anilines is 1. The van der Waals surface area contributed by atoms with Gasteiger partial charge >= 0.3 is 0 Å². The summed E-state index contributed by atoms with van der Waals surface area (Å²) in [5, 5.41) is 12.5. The van der Waals surface area contributed by atoms with E-state index in [1.807, 2.05) is 25.1 Å². The van der Waals surface area contributed by atoms with Crippen LogP contribution in [0.25, 0.3) is 0 Å². The molecule has 0 bridgehead atoms. The van der Waals surface area contributed by atoms with E-state index in [-0.39, 0.29) is 0 Å². The van der Waals surface area contributed by atoms with Crippen LogP contribution in [0.3, 0.4) is 0 Å². The zero-order chi connectivity index (χ0) is 13.7. The molecule has 1 aromatic heterocycles. The number of nitrogens with zero attached hydrogens (tertiary/aromatic N) is 2. The Morgan fingerprint density at radius 1 is 1.53 bits per heavy atom. The van der Waals surface area contributed by atoms with E-state index in [9.17, 15) is 4.21 Å². The smallest absolute Gasteiger partial charge is 0.142 e. The van der Waals surface area contributed by atoms with Gasteiger partial charge in [0.1, 0.15) is 17.6 Å². The standard InChI is InChI=1S/C14H19N3OS/c1-2-19(18)13-7-3-5-11(9-13)16-14-8-4-6-12(10-15)17-14/h4,6,8,11,13H,2-3,5,7,9H2,1H3,(H,16,17). The highest BCUT2D eigenvalue weighted by molar-refractivity contribution is 7.85. The van der Waals surface area contributed by atoms with Crippen molar-refractivity contribution < 1.29 is 4.21 Å². The van der Waals surface area contributed by atoms with E-state index in [2.05, 4.69) is 10.3 Å². The zero-order valence-corrected chi connectivity index (χ0v) is 11.9. The second-order valence-corrected chi connectivity index (χ2v) is 6.82. The Labute approximate surface area is 116 Å². The van der Waals surface area contributed by atoms with Crippen molar-refractivity contribution in [2.24, 2.45) is 0 Å². The molecule has 1 aliphatic rings. The van der Waals surface area contributed by atoms with Crippen LogP contribution >= 0.6 is 0 Å². The first-order valence-corrected chi connectivity index (χ1v) is 8.12. The maximum Gasteiger partial charge on any atom is 0.142 e. The minimum Gasteiger partial charge on any atom is -0.367 e. The first-order chi connectivity index (χ1) is 9.22. The Balaban J connectivity index is 1.98. The zero-order valence-electron chi connectivity index (χ0n) is 11.1. The van der Waals surface area contributed by atoms with E-state index in [1.165, 1.54) is 0 Å². The summed E-state index contributed by atoms with van der Waals surface area (Å²) in [5.74, 6) is 1.48. The Bertz CT molecular complexity index is 498. The van der Waals surface area contributed by atoms with Crippen molar-refractivity contribution in [1.82, 2.24) is 4.98 Å². The van der Waals surface area contributed by atoms with Crippen molar-refractivity contribution in [2.45, 2.75) is 43.9 Å².